The Kier molecular flexibility index (Phi) is 3.99. The Balaban J connectivity index is 1.92. The number of anilines is 1. The van der Waals surface area contributed by atoms with E-state index in [0.717, 1.165) is 11.2 Å². The van der Waals surface area contributed by atoms with Crippen LogP contribution in [0.3, 0.4) is 0 Å². The SMILES string of the molecule is Cc1ccn2nc(NCC(=O)NCC(C)C)nc2c1. The number of aromatic nitrogens is 3. The standard InChI is InChI=1S/C13H19N5O/c1-9(2)7-14-12(19)8-15-13-16-11-6-10(3)4-5-18(11)17-13/h4-6,9H,7-8H2,1-3H3,(H,14,19)(H,15,17). The van der Waals surface area contributed by atoms with Gasteiger partial charge in [0.2, 0.25) is 11.9 Å². The summed E-state index contributed by atoms with van der Waals surface area (Å²) >= 11 is 0. The molecular weight excluding hydrogens is 242 g/mol. The molecule has 0 unspecified atom stereocenters. The average Bonchev–Trinajstić information content (AvgIpc) is 2.75. The molecule has 0 radical (unpaired) electrons. The van der Waals surface area contributed by atoms with E-state index in [4.69, 9.17) is 0 Å². The van der Waals surface area contributed by atoms with Gasteiger partial charge in [-0.05, 0) is 30.5 Å². The van der Waals surface area contributed by atoms with Crippen molar-refractivity contribution >= 4 is 17.5 Å². The van der Waals surface area contributed by atoms with E-state index in [-0.39, 0.29) is 12.5 Å². The Labute approximate surface area is 112 Å². The number of rotatable bonds is 5. The summed E-state index contributed by atoms with van der Waals surface area (Å²) in [6.45, 7) is 6.97. The lowest BCUT2D eigenvalue weighted by Crippen LogP contribution is -2.32. The summed E-state index contributed by atoms with van der Waals surface area (Å²) < 4.78 is 1.68. The van der Waals surface area contributed by atoms with Gasteiger partial charge in [-0.2, -0.15) is 4.98 Å². The number of fused-ring (bicyclic) bond motifs is 1. The van der Waals surface area contributed by atoms with Crippen LogP contribution in [-0.4, -0.2) is 33.6 Å². The summed E-state index contributed by atoms with van der Waals surface area (Å²) in [6.07, 6.45) is 1.85. The number of carbonyl (C=O) groups excluding carboxylic acids is 1. The number of nitrogens with one attached hydrogen (secondary N) is 2. The molecule has 2 rings (SSSR count). The van der Waals surface area contributed by atoms with E-state index in [0.29, 0.717) is 18.4 Å². The quantitative estimate of drug-likeness (QED) is 0.849. The van der Waals surface area contributed by atoms with E-state index in [1.54, 1.807) is 4.52 Å². The molecule has 0 aromatic carbocycles. The molecule has 6 heteroatoms. The van der Waals surface area contributed by atoms with Gasteiger partial charge in [-0.15, -0.1) is 5.10 Å². The summed E-state index contributed by atoms with van der Waals surface area (Å²) in [5, 5.41) is 9.99. The summed E-state index contributed by atoms with van der Waals surface area (Å²) in [5.74, 6) is 0.856. The van der Waals surface area contributed by atoms with Crippen molar-refractivity contribution in [1.82, 2.24) is 19.9 Å². The normalized spacial score (nSPS) is 10.9. The Morgan fingerprint density at radius 3 is 3.00 bits per heavy atom. The largest absolute Gasteiger partial charge is 0.354 e. The molecule has 2 heterocycles. The third kappa shape index (κ3) is 3.67. The number of pyridine rings is 1. The number of carbonyl (C=O) groups is 1. The Bertz CT molecular complexity index is 575. The molecule has 0 aliphatic heterocycles. The van der Waals surface area contributed by atoms with Crippen LogP contribution in [0.1, 0.15) is 19.4 Å². The van der Waals surface area contributed by atoms with Crippen molar-refractivity contribution in [2.45, 2.75) is 20.8 Å². The molecule has 102 valence electrons. The fourth-order valence-electron chi connectivity index (χ4n) is 1.60. The molecule has 0 atom stereocenters. The number of aryl methyl sites for hydroxylation is 1. The molecule has 19 heavy (non-hydrogen) atoms. The van der Waals surface area contributed by atoms with E-state index in [1.165, 1.54) is 0 Å². The van der Waals surface area contributed by atoms with Gasteiger partial charge in [0.15, 0.2) is 5.65 Å². The lowest BCUT2D eigenvalue weighted by Gasteiger charge is -2.07. The summed E-state index contributed by atoms with van der Waals surface area (Å²) in [5.41, 5.74) is 1.89. The van der Waals surface area contributed by atoms with Crippen LogP contribution in [-0.2, 0) is 4.79 Å². The molecule has 0 aliphatic rings. The first-order valence-corrected chi connectivity index (χ1v) is 6.38. The van der Waals surface area contributed by atoms with Crippen LogP contribution in [0.25, 0.3) is 5.65 Å². The van der Waals surface area contributed by atoms with Crippen molar-refractivity contribution in [3.63, 3.8) is 0 Å². The second-order valence-electron chi connectivity index (χ2n) is 4.99. The zero-order valence-corrected chi connectivity index (χ0v) is 11.5. The van der Waals surface area contributed by atoms with E-state index in [1.807, 2.05) is 25.3 Å². The maximum atomic E-state index is 11.6. The average molecular weight is 261 g/mol. The number of nitrogens with zero attached hydrogens (tertiary/aromatic N) is 3. The molecule has 0 fully saturated rings. The van der Waals surface area contributed by atoms with Gasteiger partial charge in [0.25, 0.3) is 0 Å². The first-order chi connectivity index (χ1) is 9.04. The molecule has 0 saturated heterocycles. The second-order valence-corrected chi connectivity index (χ2v) is 4.99. The van der Waals surface area contributed by atoms with Crippen LogP contribution in [0.15, 0.2) is 18.3 Å². The summed E-state index contributed by atoms with van der Waals surface area (Å²) in [4.78, 5) is 15.9. The van der Waals surface area contributed by atoms with E-state index >= 15 is 0 Å². The van der Waals surface area contributed by atoms with Crippen LogP contribution < -0.4 is 10.6 Å². The van der Waals surface area contributed by atoms with E-state index in [9.17, 15) is 4.79 Å². The molecule has 0 saturated carbocycles. The fourth-order valence-corrected chi connectivity index (χ4v) is 1.60. The van der Waals surface area contributed by atoms with E-state index < -0.39 is 0 Å². The number of amides is 1. The highest BCUT2D eigenvalue weighted by Crippen LogP contribution is 2.06. The Morgan fingerprint density at radius 1 is 1.47 bits per heavy atom. The maximum absolute atomic E-state index is 11.6. The zero-order valence-electron chi connectivity index (χ0n) is 11.5. The van der Waals surface area contributed by atoms with Crippen molar-refractivity contribution in [3.8, 4) is 0 Å². The van der Waals surface area contributed by atoms with Gasteiger partial charge < -0.3 is 10.6 Å². The van der Waals surface area contributed by atoms with Gasteiger partial charge in [0.05, 0.1) is 6.54 Å². The molecule has 2 aromatic heterocycles. The van der Waals surface area contributed by atoms with Gasteiger partial charge in [0.1, 0.15) is 0 Å². The van der Waals surface area contributed by atoms with E-state index in [2.05, 4.69) is 34.6 Å². The fraction of sp³-hybridized carbons (Fsp3) is 0.462. The minimum Gasteiger partial charge on any atom is -0.354 e. The van der Waals surface area contributed by atoms with Crippen LogP contribution in [0, 0.1) is 12.8 Å². The van der Waals surface area contributed by atoms with Gasteiger partial charge in [-0.1, -0.05) is 13.8 Å². The van der Waals surface area contributed by atoms with Crippen molar-refractivity contribution in [2.24, 2.45) is 5.92 Å². The monoisotopic (exact) mass is 261 g/mol. The number of hydrogen-bond acceptors (Lipinski definition) is 4. The molecule has 0 aliphatic carbocycles. The Morgan fingerprint density at radius 2 is 2.26 bits per heavy atom. The summed E-state index contributed by atoms with van der Waals surface area (Å²) in [7, 11) is 0. The van der Waals surface area contributed by atoms with Crippen molar-refractivity contribution in [2.75, 3.05) is 18.4 Å². The lowest BCUT2D eigenvalue weighted by molar-refractivity contribution is -0.119. The third-order valence-electron chi connectivity index (χ3n) is 2.61. The van der Waals surface area contributed by atoms with Crippen LogP contribution in [0.4, 0.5) is 5.95 Å². The van der Waals surface area contributed by atoms with Crippen LogP contribution >= 0.6 is 0 Å². The highest BCUT2D eigenvalue weighted by Gasteiger charge is 2.06. The van der Waals surface area contributed by atoms with Crippen LogP contribution in [0.5, 0.6) is 0 Å². The molecule has 0 spiro atoms. The summed E-state index contributed by atoms with van der Waals surface area (Å²) in [6, 6.07) is 3.90. The van der Waals surface area contributed by atoms with Gasteiger partial charge in [-0.25, -0.2) is 4.52 Å². The molecular formula is C13H19N5O. The number of hydrogen-bond donors (Lipinski definition) is 2. The Hall–Kier alpha value is -2.11. The maximum Gasteiger partial charge on any atom is 0.243 e. The van der Waals surface area contributed by atoms with Crippen molar-refractivity contribution in [3.05, 3.63) is 23.9 Å². The molecule has 1 amide bonds. The highest BCUT2D eigenvalue weighted by atomic mass is 16.1. The predicted octanol–water partition coefficient (Wildman–Crippen LogP) is 1.22. The molecule has 2 N–H and O–H groups in total. The van der Waals surface area contributed by atoms with Crippen LogP contribution in [0.2, 0.25) is 0 Å². The minimum absolute atomic E-state index is 0.0521. The predicted molar refractivity (Wildman–Crippen MR) is 74.1 cm³/mol. The first-order valence-electron chi connectivity index (χ1n) is 6.38. The first kappa shape index (κ1) is 13.3. The second kappa shape index (κ2) is 5.69. The minimum atomic E-state index is -0.0521. The topological polar surface area (TPSA) is 71.3 Å². The van der Waals surface area contributed by atoms with Gasteiger partial charge in [-0.3, -0.25) is 4.79 Å². The van der Waals surface area contributed by atoms with Crippen molar-refractivity contribution < 1.29 is 4.79 Å². The van der Waals surface area contributed by atoms with Gasteiger partial charge in [0, 0.05) is 12.7 Å². The van der Waals surface area contributed by atoms with Crippen molar-refractivity contribution in [1.29, 1.82) is 0 Å². The smallest absolute Gasteiger partial charge is 0.243 e. The molecule has 2 aromatic rings. The molecule has 0 bridgehead atoms. The highest BCUT2D eigenvalue weighted by molar-refractivity contribution is 5.80. The van der Waals surface area contributed by atoms with Gasteiger partial charge >= 0.3 is 0 Å². The molecule has 6 nitrogen and oxygen atoms in total. The lowest BCUT2D eigenvalue weighted by atomic mass is 10.2. The third-order valence-corrected chi connectivity index (χ3v) is 2.61. The zero-order chi connectivity index (χ0) is 13.8.